The van der Waals surface area contributed by atoms with Crippen molar-refractivity contribution in [2.24, 2.45) is 0 Å². The number of rotatable bonds is 3. The molecule has 0 aromatic rings. The van der Waals surface area contributed by atoms with Crippen LogP contribution >= 0.6 is 23.4 Å². The lowest BCUT2D eigenvalue weighted by Crippen LogP contribution is -2.16. The minimum atomic E-state index is -0.223. The largest absolute Gasteiger partial charge is 0.281 e. The zero-order valence-electron chi connectivity index (χ0n) is 6.47. The van der Waals surface area contributed by atoms with E-state index < -0.39 is 0 Å². The Morgan fingerprint density at radius 3 is 3.00 bits per heavy atom. The fraction of sp³-hybridized carbons (Fsp3) is 0.625. The normalized spacial score (nSPS) is 29.3. The molecule has 0 aliphatic carbocycles. The fourth-order valence-corrected chi connectivity index (χ4v) is 2.11. The molecule has 0 aromatic heterocycles. The summed E-state index contributed by atoms with van der Waals surface area (Å²) in [6.45, 7) is 2.16. The molecule has 1 unspecified atom stereocenters. The second-order valence-corrected chi connectivity index (χ2v) is 4.91. The third kappa shape index (κ3) is 2.88. The molecule has 0 spiro atoms. The van der Waals surface area contributed by atoms with E-state index in [-0.39, 0.29) is 9.99 Å². The molecule has 0 amide bonds. The molecule has 0 aromatic carbocycles. The first-order valence-corrected chi connectivity index (χ1v) is 4.89. The van der Waals surface area contributed by atoms with Crippen molar-refractivity contribution in [3.63, 3.8) is 0 Å². The van der Waals surface area contributed by atoms with Crippen LogP contribution in [0.15, 0.2) is 11.5 Å². The Morgan fingerprint density at radius 1 is 1.82 bits per heavy atom. The van der Waals surface area contributed by atoms with Crippen LogP contribution in [0.4, 0.5) is 0 Å². The maximum Gasteiger partial charge on any atom is 0.221 e. The van der Waals surface area contributed by atoms with E-state index in [2.05, 4.69) is 18.4 Å². The van der Waals surface area contributed by atoms with Crippen molar-refractivity contribution in [3.05, 3.63) is 11.5 Å². The number of carbonyl (C=O) groups is 1. The molecule has 1 nitrogen and oxygen atoms in total. The summed E-state index contributed by atoms with van der Waals surface area (Å²) in [7, 11) is 0. The van der Waals surface area contributed by atoms with Gasteiger partial charge >= 0.3 is 0 Å². The van der Waals surface area contributed by atoms with Crippen LogP contribution in [-0.2, 0) is 4.79 Å². The van der Waals surface area contributed by atoms with Gasteiger partial charge in [0.1, 0.15) is 0 Å². The van der Waals surface area contributed by atoms with E-state index >= 15 is 0 Å². The van der Waals surface area contributed by atoms with Crippen molar-refractivity contribution in [1.29, 1.82) is 0 Å². The average Bonchev–Trinajstić information content (AvgIpc) is 2.33. The Balaban J connectivity index is 2.30. The third-order valence-electron chi connectivity index (χ3n) is 1.85. The van der Waals surface area contributed by atoms with Crippen LogP contribution in [0.5, 0.6) is 0 Å². The van der Waals surface area contributed by atoms with Crippen LogP contribution in [-0.4, -0.2) is 9.99 Å². The highest BCUT2D eigenvalue weighted by atomic mass is 35.5. The highest BCUT2D eigenvalue weighted by Crippen LogP contribution is 2.39. The van der Waals surface area contributed by atoms with Crippen molar-refractivity contribution in [1.82, 2.24) is 0 Å². The van der Waals surface area contributed by atoms with Crippen LogP contribution in [0.25, 0.3) is 0 Å². The molecule has 62 valence electrons. The van der Waals surface area contributed by atoms with E-state index in [1.165, 1.54) is 0 Å². The summed E-state index contributed by atoms with van der Waals surface area (Å²) in [6.07, 6.45) is 4.57. The van der Waals surface area contributed by atoms with Crippen molar-refractivity contribution in [2.75, 3.05) is 0 Å². The minimum Gasteiger partial charge on any atom is -0.281 e. The topological polar surface area (TPSA) is 17.1 Å². The Bertz CT molecular complexity index is 181. The van der Waals surface area contributed by atoms with E-state index in [1.807, 2.05) is 0 Å². The van der Waals surface area contributed by atoms with Crippen molar-refractivity contribution >= 4 is 28.6 Å². The fourth-order valence-electron chi connectivity index (χ4n) is 1.08. The summed E-state index contributed by atoms with van der Waals surface area (Å²) < 4.78 is 0.227. The molecule has 0 bridgehead atoms. The van der Waals surface area contributed by atoms with Crippen LogP contribution in [0.2, 0.25) is 0 Å². The maximum absolute atomic E-state index is 10.5. The van der Waals surface area contributed by atoms with Gasteiger partial charge in [-0.05, 0) is 36.8 Å². The van der Waals surface area contributed by atoms with Gasteiger partial charge in [-0.2, -0.15) is 0 Å². The smallest absolute Gasteiger partial charge is 0.221 e. The van der Waals surface area contributed by atoms with Crippen molar-refractivity contribution in [3.8, 4) is 0 Å². The summed E-state index contributed by atoms with van der Waals surface area (Å²) in [5.74, 6) is 0. The predicted molar refractivity (Wildman–Crippen MR) is 49.8 cm³/mol. The zero-order valence-corrected chi connectivity index (χ0v) is 8.04. The van der Waals surface area contributed by atoms with Gasteiger partial charge < -0.3 is 0 Å². The van der Waals surface area contributed by atoms with Gasteiger partial charge in [-0.25, -0.2) is 0 Å². The number of allylic oxidation sites excluding steroid dienone is 1. The Morgan fingerprint density at radius 2 is 2.55 bits per heavy atom. The standard InChI is InChI=1S/C8H11ClOS/c1-8(4-2-6-11-8)5-3-7(9)10/h2,6H,3-5H2,1H3. The number of thioether (sulfide) groups is 1. The number of hydrogen-bond donors (Lipinski definition) is 0. The lowest BCUT2D eigenvalue weighted by atomic mass is 10.0. The summed E-state index contributed by atoms with van der Waals surface area (Å²) in [5.41, 5.74) is 0. The SMILES string of the molecule is CC1(CCC(=O)Cl)CC=CS1. The van der Waals surface area contributed by atoms with Gasteiger partial charge in [0.2, 0.25) is 5.24 Å². The predicted octanol–water partition coefficient (Wildman–Crippen LogP) is 2.94. The van der Waals surface area contributed by atoms with Gasteiger partial charge in [0.15, 0.2) is 0 Å². The van der Waals surface area contributed by atoms with Gasteiger partial charge in [0.05, 0.1) is 0 Å². The van der Waals surface area contributed by atoms with Gasteiger partial charge in [0.25, 0.3) is 0 Å². The molecule has 1 rings (SSSR count). The number of carbonyl (C=O) groups excluding carboxylic acids is 1. The molecule has 1 aliphatic rings. The second kappa shape index (κ2) is 3.63. The summed E-state index contributed by atoms with van der Waals surface area (Å²) in [6, 6.07) is 0. The molecule has 0 radical (unpaired) electrons. The monoisotopic (exact) mass is 190 g/mol. The molecule has 0 saturated carbocycles. The first kappa shape index (κ1) is 9.14. The van der Waals surface area contributed by atoms with Crippen LogP contribution < -0.4 is 0 Å². The summed E-state index contributed by atoms with van der Waals surface area (Å²) >= 11 is 7.04. The zero-order chi connectivity index (χ0) is 8.32. The number of halogens is 1. The second-order valence-electron chi connectivity index (χ2n) is 3.00. The Kier molecular flexibility index (Phi) is 3.02. The Hall–Kier alpha value is 0.0500. The van der Waals surface area contributed by atoms with E-state index in [4.69, 9.17) is 11.6 Å². The molecule has 11 heavy (non-hydrogen) atoms. The summed E-state index contributed by atoms with van der Waals surface area (Å²) in [4.78, 5) is 10.5. The molecule has 1 atom stereocenters. The van der Waals surface area contributed by atoms with E-state index in [0.717, 1.165) is 12.8 Å². The molecule has 0 fully saturated rings. The molecule has 3 heteroatoms. The van der Waals surface area contributed by atoms with Gasteiger partial charge in [0, 0.05) is 11.2 Å². The van der Waals surface area contributed by atoms with Gasteiger partial charge in [-0.3, -0.25) is 4.79 Å². The lowest BCUT2D eigenvalue weighted by Gasteiger charge is -2.20. The van der Waals surface area contributed by atoms with E-state index in [1.54, 1.807) is 11.8 Å². The van der Waals surface area contributed by atoms with E-state index in [9.17, 15) is 4.79 Å². The molecule has 0 N–H and O–H groups in total. The van der Waals surface area contributed by atoms with Gasteiger partial charge in [-0.1, -0.05) is 6.08 Å². The molecular formula is C8H11ClOS. The van der Waals surface area contributed by atoms with Crippen LogP contribution in [0, 0.1) is 0 Å². The molecular weight excluding hydrogens is 180 g/mol. The van der Waals surface area contributed by atoms with Crippen molar-refractivity contribution in [2.45, 2.75) is 30.9 Å². The average molecular weight is 191 g/mol. The first-order valence-electron chi connectivity index (χ1n) is 3.64. The quantitative estimate of drug-likeness (QED) is 0.637. The van der Waals surface area contributed by atoms with Gasteiger partial charge in [-0.15, -0.1) is 11.8 Å². The Labute approximate surface area is 76.2 Å². The lowest BCUT2D eigenvalue weighted by molar-refractivity contribution is -0.111. The first-order chi connectivity index (χ1) is 5.12. The van der Waals surface area contributed by atoms with Crippen LogP contribution in [0.3, 0.4) is 0 Å². The summed E-state index contributed by atoms with van der Waals surface area (Å²) in [5, 5.41) is 1.87. The highest BCUT2D eigenvalue weighted by Gasteiger charge is 2.26. The molecule has 1 heterocycles. The number of hydrogen-bond acceptors (Lipinski definition) is 2. The molecule has 1 aliphatic heterocycles. The van der Waals surface area contributed by atoms with E-state index in [0.29, 0.717) is 6.42 Å². The maximum atomic E-state index is 10.5. The molecule has 0 saturated heterocycles. The van der Waals surface area contributed by atoms with Crippen molar-refractivity contribution < 1.29 is 4.79 Å². The van der Waals surface area contributed by atoms with Crippen LogP contribution in [0.1, 0.15) is 26.2 Å². The third-order valence-corrected chi connectivity index (χ3v) is 3.31. The minimum absolute atomic E-state index is 0.223. The highest BCUT2D eigenvalue weighted by molar-refractivity contribution is 8.03.